The first-order chi connectivity index (χ1) is 39.5. The Morgan fingerprint density at radius 3 is 0.775 bits per heavy atom. The maximum Gasteiger partial charge on any atom is 0.306 e. The van der Waals surface area contributed by atoms with E-state index in [0.29, 0.717) is 19.3 Å². The van der Waals surface area contributed by atoms with Crippen LogP contribution in [0.5, 0.6) is 0 Å². The summed E-state index contributed by atoms with van der Waals surface area (Å²) in [6, 6.07) is 0. The molecule has 0 saturated heterocycles. The normalized spacial score (nSPS) is 12.8. The molecule has 0 aliphatic carbocycles. The highest BCUT2D eigenvalue weighted by atomic mass is 16.6. The van der Waals surface area contributed by atoms with E-state index in [1.54, 1.807) is 0 Å². The van der Waals surface area contributed by atoms with Crippen molar-refractivity contribution in [3.63, 3.8) is 0 Å². The second-order valence-corrected chi connectivity index (χ2v) is 22.3. The summed E-state index contributed by atoms with van der Waals surface area (Å²) in [7, 11) is 0. The summed E-state index contributed by atoms with van der Waals surface area (Å²) in [4.78, 5) is 38.4. The van der Waals surface area contributed by atoms with Gasteiger partial charge in [-0.2, -0.15) is 0 Å². The minimum absolute atomic E-state index is 0.0874. The van der Waals surface area contributed by atoms with E-state index in [2.05, 4.69) is 130 Å². The number of carbonyl (C=O) groups excluding carboxylic acids is 3. The molecule has 0 aromatic heterocycles. The lowest BCUT2D eigenvalue weighted by molar-refractivity contribution is -0.167. The van der Waals surface area contributed by atoms with Crippen LogP contribution in [0.3, 0.4) is 0 Å². The van der Waals surface area contributed by atoms with Gasteiger partial charge in [0.15, 0.2) is 6.10 Å². The molecule has 0 aliphatic heterocycles. The number of allylic oxidation sites excluding steroid dienone is 18. The van der Waals surface area contributed by atoms with E-state index in [9.17, 15) is 14.4 Å². The van der Waals surface area contributed by atoms with Crippen molar-refractivity contribution in [1.82, 2.24) is 0 Å². The molecule has 0 aliphatic rings. The lowest BCUT2D eigenvalue weighted by Crippen LogP contribution is -2.30. The molecule has 1 unspecified atom stereocenters. The van der Waals surface area contributed by atoms with E-state index >= 15 is 0 Å². The second-order valence-electron chi connectivity index (χ2n) is 22.3. The highest BCUT2D eigenvalue weighted by molar-refractivity contribution is 5.71. The third kappa shape index (κ3) is 64.9. The van der Waals surface area contributed by atoms with Crippen LogP contribution in [0, 0.1) is 0 Å². The third-order valence-corrected chi connectivity index (χ3v) is 14.5. The quantitative estimate of drug-likeness (QED) is 0.0261. The number of ether oxygens (including phenoxy) is 3. The molecule has 6 heteroatoms. The maximum absolute atomic E-state index is 12.9. The van der Waals surface area contributed by atoms with Crippen LogP contribution in [0.15, 0.2) is 109 Å². The predicted octanol–water partition coefficient (Wildman–Crippen LogP) is 23.4. The topological polar surface area (TPSA) is 78.9 Å². The molecule has 0 bridgehead atoms. The Morgan fingerprint density at radius 2 is 0.487 bits per heavy atom. The van der Waals surface area contributed by atoms with Gasteiger partial charge in [0.2, 0.25) is 0 Å². The van der Waals surface area contributed by atoms with Crippen molar-refractivity contribution >= 4 is 17.9 Å². The largest absolute Gasteiger partial charge is 0.462 e. The lowest BCUT2D eigenvalue weighted by atomic mass is 10.0. The van der Waals surface area contributed by atoms with Crippen molar-refractivity contribution in [2.24, 2.45) is 0 Å². The van der Waals surface area contributed by atoms with Crippen LogP contribution in [0.25, 0.3) is 0 Å². The van der Waals surface area contributed by atoms with Crippen LogP contribution in [0.2, 0.25) is 0 Å². The van der Waals surface area contributed by atoms with Crippen molar-refractivity contribution in [2.75, 3.05) is 13.2 Å². The molecule has 80 heavy (non-hydrogen) atoms. The molecular weight excluding hydrogens is 985 g/mol. The van der Waals surface area contributed by atoms with Gasteiger partial charge in [0.25, 0.3) is 0 Å². The van der Waals surface area contributed by atoms with Crippen LogP contribution in [0.1, 0.15) is 323 Å². The van der Waals surface area contributed by atoms with Gasteiger partial charge in [-0.25, -0.2) is 0 Å². The molecule has 1 atom stereocenters. The smallest absolute Gasteiger partial charge is 0.306 e. The van der Waals surface area contributed by atoms with E-state index in [-0.39, 0.29) is 31.1 Å². The standard InChI is InChI=1S/C74H126O6/c1-4-7-10-13-16-19-22-25-28-30-32-34-35-36-37-38-39-41-42-44-46-49-52-55-58-61-64-67-73(76)79-70-71(69-78-72(75)66-63-60-57-54-51-48-27-24-21-18-15-12-9-6-3)80-74(77)68-65-62-59-56-53-50-47-45-43-40-33-31-29-26-23-20-17-14-11-8-5-2/h7,10,16,19,23-28,31-34,36-37,43,45,71H,4-6,8-9,11-15,17-18,20-22,29-30,35,38-42,44,46-70H2,1-3H3/b10-7-,19-16-,26-23-,27-24-,28-25-,33-31-,34-32-,37-36-,45-43-. The monoisotopic (exact) mass is 1110 g/mol. The fourth-order valence-corrected chi connectivity index (χ4v) is 9.41. The summed E-state index contributed by atoms with van der Waals surface area (Å²) in [5.74, 6) is -0.901. The Labute approximate surface area is 495 Å². The van der Waals surface area contributed by atoms with Gasteiger partial charge in [0.1, 0.15) is 13.2 Å². The molecule has 0 radical (unpaired) electrons. The first-order valence-electron chi connectivity index (χ1n) is 33.9. The van der Waals surface area contributed by atoms with E-state index in [1.807, 2.05) is 0 Å². The highest BCUT2D eigenvalue weighted by Gasteiger charge is 2.19. The zero-order valence-corrected chi connectivity index (χ0v) is 52.6. The number of hydrogen-bond acceptors (Lipinski definition) is 6. The van der Waals surface area contributed by atoms with E-state index in [4.69, 9.17) is 14.2 Å². The highest BCUT2D eigenvalue weighted by Crippen LogP contribution is 2.16. The molecule has 0 rings (SSSR count). The van der Waals surface area contributed by atoms with Gasteiger partial charge < -0.3 is 14.2 Å². The van der Waals surface area contributed by atoms with Gasteiger partial charge in [-0.1, -0.05) is 284 Å². The molecule has 0 aromatic carbocycles. The second kappa shape index (κ2) is 67.6. The summed E-state index contributed by atoms with van der Waals surface area (Å²) in [5, 5.41) is 0. The fourth-order valence-electron chi connectivity index (χ4n) is 9.41. The minimum Gasteiger partial charge on any atom is -0.462 e. The summed E-state index contributed by atoms with van der Waals surface area (Å²) < 4.78 is 16.9. The molecule has 6 nitrogen and oxygen atoms in total. The first-order valence-corrected chi connectivity index (χ1v) is 33.9. The molecule has 0 fully saturated rings. The van der Waals surface area contributed by atoms with Crippen LogP contribution >= 0.6 is 0 Å². The zero-order valence-electron chi connectivity index (χ0n) is 52.6. The predicted molar refractivity (Wildman–Crippen MR) is 348 cm³/mol. The Bertz CT molecular complexity index is 1610. The van der Waals surface area contributed by atoms with Gasteiger partial charge in [-0.05, 0) is 128 Å². The summed E-state index contributed by atoms with van der Waals surface area (Å²) in [6.45, 7) is 6.51. The van der Waals surface area contributed by atoms with Crippen LogP contribution < -0.4 is 0 Å². The van der Waals surface area contributed by atoms with Gasteiger partial charge >= 0.3 is 17.9 Å². The molecule has 0 N–H and O–H groups in total. The molecule has 0 heterocycles. The van der Waals surface area contributed by atoms with Crippen LogP contribution in [0.4, 0.5) is 0 Å². The lowest BCUT2D eigenvalue weighted by Gasteiger charge is -2.18. The van der Waals surface area contributed by atoms with Crippen LogP contribution in [-0.4, -0.2) is 37.2 Å². The SMILES string of the molecule is CC/C=C\C/C=C\C/C=C\C/C=C\C/C=C\CCCCCCCCCCCCCC(=O)OCC(COC(=O)CCCCCCC/C=C\CCCCCCC)OC(=O)CCCCCCCC/C=C\C/C=C\C/C=C\CCCCCCC. The van der Waals surface area contributed by atoms with Crippen molar-refractivity contribution in [3.8, 4) is 0 Å². The zero-order chi connectivity index (χ0) is 57.8. The van der Waals surface area contributed by atoms with Gasteiger partial charge in [0.05, 0.1) is 0 Å². The van der Waals surface area contributed by atoms with Gasteiger partial charge in [-0.15, -0.1) is 0 Å². The van der Waals surface area contributed by atoms with Crippen molar-refractivity contribution in [2.45, 2.75) is 329 Å². The molecule has 0 spiro atoms. The Balaban J connectivity index is 4.35. The van der Waals surface area contributed by atoms with Gasteiger partial charge in [0, 0.05) is 19.3 Å². The number of esters is 3. The average Bonchev–Trinajstić information content (AvgIpc) is 3.46. The average molecular weight is 1110 g/mol. The van der Waals surface area contributed by atoms with Gasteiger partial charge in [-0.3, -0.25) is 14.4 Å². The minimum atomic E-state index is -0.793. The third-order valence-electron chi connectivity index (χ3n) is 14.5. The summed E-state index contributed by atoms with van der Waals surface area (Å²) >= 11 is 0. The molecular formula is C74H126O6. The number of hydrogen-bond donors (Lipinski definition) is 0. The molecule has 0 saturated carbocycles. The molecule has 0 aromatic rings. The first kappa shape index (κ1) is 76.1. The number of rotatable bonds is 61. The Morgan fingerprint density at radius 1 is 0.263 bits per heavy atom. The van der Waals surface area contributed by atoms with Crippen molar-refractivity contribution < 1.29 is 28.6 Å². The van der Waals surface area contributed by atoms with E-state index < -0.39 is 6.10 Å². The Hall–Kier alpha value is -3.93. The summed E-state index contributed by atoms with van der Waals surface area (Å²) in [5.41, 5.74) is 0. The fraction of sp³-hybridized carbons (Fsp3) is 0.716. The van der Waals surface area contributed by atoms with Crippen molar-refractivity contribution in [3.05, 3.63) is 109 Å². The van der Waals surface area contributed by atoms with E-state index in [0.717, 1.165) is 122 Å². The van der Waals surface area contributed by atoms with E-state index in [1.165, 1.54) is 161 Å². The molecule has 0 amide bonds. The van der Waals surface area contributed by atoms with Crippen LogP contribution in [-0.2, 0) is 28.6 Å². The number of unbranched alkanes of at least 4 members (excludes halogenated alkanes) is 32. The Kier molecular flexibility index (Phi) is 64.3. The number of carbonyl (C=O) groups is 3. The maximum atomic E-state index is 12.9. The summed E-state index contributed by atoms with van der Waals surface area (Å²) in [6.07, 6.45) is 92.4. The van der Waals surface area contributed by atoms with Crippen molar-refractivity contribution in [1.29, 1.82) is 0 Å². The molecule has 458 valence electrons.